The Morgan fingerprint density at radius 2 is 1.79 bits per heavy atom. The number of ether oxygens (including phenoxy) is 1. The number of fused-ring (bicyclic) bond motifs is 1. The van der Waals surface area contributed by atoms with E-state index >= 15 is 0 Å². The average molecular weight is 453 g/mol. The third kappa shape index (κ3) is 4.48. The monoisotopic (exact) mass is 453 g/mol. The fourth-order valence-corrected chi connectivity index (χ4v) is 3.91. The van der Waals surface area contributed by atoms with Crippen LogP contribution in [-0.4, -0.2) is 65.2 Å². The molecule has 33 heavy (non-hydrogen) atoms. The summed E-state index contributed by atoms with van der Waals surface area (Å²) in [4.78, 5) is 54.8. The molecule has 4 rings (SSSR count). The summed E-state index contributed by atoms with van der Waals surface area (Å²) in [6.07, 6.45) is 0. The third-order valence-electron chi connectivity index (χ3n) is 5.74. The number of nitrogens with zero attached hydrogens (tertiary/aromatic N) is 4. The number of aromatic amines is 1. The van der Waals surface area contributed by atoms with Crippen LogP contribution in [0.1, 0.15) is 10.4 Å². The van der Waals surface area contributed by atoms with Gasteiger partial charge in [0.1, 0.15) is 0 Å². The fraction of sp³-hybridized carbons (Fsp3) is 0.318. The number of H-pyrrole nitrogens is 1. The van der Waals surface area contributed by atoms with Crippen molar-refractivity contribution in [3.05, 3.63) is 79.0 Å². The van der Waals surface area contributed by atoms with Gasteiger partial charge in [-0.05, 0) is 30.3 Å². The SMILES string of the molecule is COCCn1c(=O)[nH]c2cc(C(=O)N3CCN(c4ccc([N+](=O)[O-])cc4)CC3)ccc2c1=O. The van der Waals surface area contributed by atoms with Gasteiger partial charge >= 0.3 is 5.69 Å². The van der Waals surface area contributed by atoms with Crippen LogP contribution in [0.5, 0.6) is 0 Å². The van der Waals surface area contributed by atoms with Gasteiger partial charge in [-0.25, -0.2) is 4.79 Å². The summed E-state index contributed by atoms with van der Waals surface area (Å²) >= 11 is 0. The number of amides is 1. The van der Waals surface area contributed by atoms with Crippen LogP contribution >= 0.6 is 0 Å². The zero-order valence-electron chi connectivity index (χ0n) is 18.0. The number of anilines is 1. The van der Waals surface area contributed by atoms with Crippen LogP contribution in [0, 0.1) is 10.1 Å². The van der Waals surface area contributed by atoms with Gasteiger partial charge in [0.15, 0.2) is 0 Å². The Hall–Kier alpha value is -3.99. The lowest BCUT2D eigenvalue weighted by Gasteiger charge is -2.36. The lowest BCUT2D eigenvalue weighted by atomic mass is 10.1. The predicted octanol–water partition coefficient (Wildman–Crippen LogP) is 1.21. The van der Waals surface area contributed by atoms with Gasteiger partial charge in [-0.2, -0.15) is 0 Å². The summed E-state index contributed by atoms with van der Waals surface area (Å²) in [5, 5.41) is 11.1. The Morgan fingerprint density at radius 3 is 2.42 bits per heavy atom. The molecule has 0 aliphatic carbocycles. The van der Waals surface area contributed by atoms with Gasteiger partial charge in [-0.15, -0.1) is 0 Å². The molecule has 0 saturated carbocycles. The molecule has 11 nitrogen and oxygen atoms in total. The Labute approximate surface area is 188 Å². The number of rotatable bonds is 6. The second-order valence-corrected chi connectivity index (χ2v) is 7.69. The highest BCUT2D eigenvalue weighted by molar-refractivity contribution is 5.97. The molecule has 2 aromatic carbocycles. The summed E-state index contributed by atoms with van der Waals surface area (Å²) in [6, 6.07) is 11.0. The Kier molecular flexibility index (Phi) is 6.22. The minimum atomic E-state index is -0.550. The van der Waals surface area contributed by atoms with E-state index in [2.05, 4.69) is 9.88 Å². The van der Waals surface area contributed by atoms with E-state index in [1.807, 2.05) is 0 Å². The van der Waals surface area contributed by atoms with Gasteiger partial charge in [-0.3, -0.25) is 24.3 Å². The van der Waals surface area contributed by atoms with Gasteiger partial charge in [0.2, 0.25) is 0 Å². The van der Waals surface area contributed by atoms with Crippen LogP contribution in [-0.2, 0) is 11.3 Å². The molecule has 0 atom stereocenters. The molecule has 2 heterocycles. The molecule has 11 heteroatoms. The maximum absolute atomic E-state index is 13.0. The van der Waals surface area contributed by atoms with Gasteiger partial charge in [0.25, 0.3) is 17.2 Å². The quantitative estimate of drug-likeness (QED) is 0.438. The zero-order chi connectivity index (χ0) is 23.5. The largest absolute Gasteiger partial charge is 0.383 e. The molecule has 1 aliphatic rings. The van der Waals surface area contributed by atoms with Crippen molar-refractivity contribution in [2.45, 2.75) is 6.54 Å². The Morgan fingerprint density at radius 1 is 1.09 bits per heavy atom. The van der Waals surface area contributed by atoms with Gasteiger partial charge in [0, 0.05) is 56.7 Å². The number of piperazine rings is 1. The van der Waals surface area contributed by atoms with Gasteiger partial charge in [0.05, 0.1) is 29.0 Å². The van der Waals surface area contributed by atoms with Crippen molar-refractivity contribution in [3.8, 4) is 0 Å². The summed E-state index contributed by atoms with van der Waals surface area (Å²) in [5.74, 6) is -0.190. The summed E-state index contributed by atoms with van der Waals surface area (Å²) < 4.78 is 6.02. The van der Waals surface area contributed by atoms with Crippen LogP contribution in [0.25, 0.3) is 10.9 Å². The van der Waals surface area contributed by atoms with Crippen LogP contribution in [0.4, 0.5) is 11.4 Å². The van der Waals surface area contributed by atoms with Crippen molar-refractivity contribution >= 4 is 28.2 Å². The number of carbonyl (C=O) groups is 1. The van der Waals surface area contributed by atoms with Crippen LogP contribution in [0.2, 0.25) is 0 Å². The van der Waals surface area contributed by atoms with Crippen LogP contribution in [0.15, 0.2) is 52.1 Å². The smallest absolute Gasteiger partial charge is 0.328 e. The second kappa shape index (κ2) is 9.25. The average Bonchev–Trinajstić information content (AvgIpc) is 2.83. The molecule has 0 spiro atoms. The van der Waals surface area contributed by atoms with E-state index in [4.69, 9.17) is 4.74 Å². The number of methoxy groups -OCH3 is 1. The van der Waals surface area contributed by atoms with Crippen molar-refractivity contribution < 1.29 is 14.5 Å². The van der Waals surface area contributed by atoms with Crippen molar-refractivity contribution in [1.82, 2.24) is 14.5 Å². The predicted molar refractivity (Wildman–Crippen MR) is 122 cm³/mol. The molecule has 3 aromatic rings. The number of nitro groups is 1. The normalized spacial score (nSPS) is 14.0. The standard InChI is InChI=1S/C22H23N5O6/c1-33-13-12-26-21(29)18-7-2-15(14-19(18)23-22(26)30)20(28)25-10-8-24(9-11-25)16-3-5-17(6-4-16)27(31)32/h2-7,14H,8-13H2,1H3,(H,23,30). The molecule has 0 unspecified atom stereocenters. The van der Waals surface area contributed by atoms with E-state index in [9.17, 15) is 24.5 Å². The first kappa shape index (κ1) is 22.2. The van der Waals surface area contributed by atoms with E-state index in [0.717, 1.165) is 10.3 Å². The number of non-ortho nitro benzene ring substituents is 1. The van der Waals surface area contributed by atoms with Crippen LogP contribution < -0.4 is 16.1 Å². The molecular weight excluding hydrogens is 430 g/mol. The molecular formula is C22H23N5O6. The van der Waals surface area contributed by atoms with Crippen molar-refractivity contribution in [2.24, 2.45) is 0 Å². The minimum absolute atomic E-state index is 0.0346. The van der Waals surface area contributed by atoms with Gasteiger partial charge in [-0.1, -0.05) is 0 Å². The first-order valence-electron chi connectivity index (χ1n) is 10.4. The van der Waals surface area contributed by atoms with Gasteiger partial charge < -0.3 is 19.5 Å². The molecule has 1 saturated heterocycles. The third-order valence-corrected chi connectivity index (χ3v) is 5.74. The summed E-state index contributed by atoms with van der Waals surface area (Å²) in [7, 11) is 1.49. The minimum Gasteiger partial charge on any atom is -0.383 e. The molecule has 172 valence electrons. The van der Waals surface area contributed by atoms with E-state index in [0.29, 0.717) is 42.6 Å². The van der Waals surface area contributed by atoms with Crippen LogP contribution in [0.3, 0.4) is 0 Å². The molecule has 0 bridgehead atoms. The molecule has 1 aromatic heterocycles. The number of nitro benzene ring substituents is 1. The fourth-order valence-electron chi connectivity index (χ4n) is 3.91. The van der Waals surface area contributed by atoms with E-state index in [1.54, 1.807) is 29.2 Å². The van der Waals surface area contributed by atoms with E-state index in [1.165, 1.54) is 25.3 Å². The lowest BCUT2D eigenvalue weighted by Crippen LogP contribution is -2.48. The first-order chi connectivity index (χ1) is 15.9. The van der Waals surface area contributed by atoms with E-state index in [-0.39, 0.29) is 24.7 Å². The highest BCUT2D eigenvalue weighted by atomic mass is 16.6. The maximum Gasteiger partial charge on any atom is 0.328 e. The Balaban J connectivity index is 1.48. The summed E-state index contributed by atoms with van der Waals surface area (Å²) in [6.45, 7) is 2.49. The highest BCUT2D eigenvalue weighted by Crippen LogP contribution is 2.21. The number of benzene rings is 2. The topological polar surface area (TPSA) is 131 Å². The zero-order valence-corrected chi connectivity index (χ0v) is 18.0. The number of hydrogen-bond donors (Lipinski definition) is 1. The molecule has 1 fully saturated rings. The van der Waals surface area contributed by atoms with E-state index < -0.39 is 16.2 Å². The number of nitrogens with one attached hydrogen (secondary N) is 1. The molecule has 0 radical (unpaired) electrons. The second-order valence-electron chi connectivity index (χ2n) is 7.69. The summed E-state index contributed by atoms with van der Waals surface area (Å²) in [5.41, 5.74) is 0.616. The first-order valence-corrected chi connectivity index (χ1v) is 10.4. The van der Waals surface area contributed by atoms with Crippen molar-refractivity contribution in [3.63, 3.8) is 0 Å². The van der Waals surface area contributed by atoms with Crippen molar-refractivity contribution in [2.75, 3.05) is 44.8 Å². The lowest BCUT2D eigenvalue weighted by molar-refractivity contribution is -0.384. The maximum atomic E-state index is 13.0. The Bertz CT molecular complexity index is 1310. The van der Waals surface area contributed by atoms with Crippen molar-refractivity contribution in [1.29, 1.82) is 0 Å². The highest BCUT2D eigenvalue weighted by Gasteiger charge is 2.23. The number of carbonyl (C=O) groups excluding carboxylic acids is 1. The number of hydrogen-bond acceptors (Lipinski definition) is 7. The molecule has 1 amide bonds. The molecule has 1 aliphatic heterocycles. The molecule has 1 N–H and O–H groups in total. The number of aromatic nitrogens is 2.